The van der Waals surface area contributed by atoms with Gasteiger partial charge in [-0.05, 0) is 50.5 Å². The molecule has 5 heteroatoms. The van der Waals surface area contributed by atoms with Crippen molar-refractivity contribution >= 4 is 35.0 Å². The summed E-state index contributed by atoms with van der Waals surface area (Å²) in [6, 6.07) is 13.9. The largest absolute Gasteiger partial charge is 0.365 e. The number of anilines is 1. The molecule has 2 aromatic carbocycles. The normalized spacial score (nSPS) is 15.3. The summed E-state index contributed by atoms with van der Waals surface area (Å²) in [7, 11) is 2.07. The van der Waals surface area contributed by atoms with E-state index in [1.54, 1.807) is 6.21 Å². The first kappa shape index (κ1) is 20.2. The van der Waals surface area contributed by atoms with Gasteiger partial charge in [0.2, 0.25) is 5.91 Å². The summed E-state index contributed by atoms with van der Waals surface area (Å²) in [5.74, 6) is -0.119. The summed E-state index contributed by atoms with van der Waals surface area (Å²) in [4.78, 5) is 14.2. The van der Waals surface area contributed by atoms with Crippen LogP contribution >= 0.6 is 11.6 Å². The lowest BCUT2D eigenvalue weighted by Gasteiger charge is -2.40. The van der Waals surface area contributed by atoms with Gasteiger partial charge in [-0.25, -0.2) is 5.43 Å². The number of halogens is 1. The van der Waals surface area contributed by atoms with Crippen LogP contribution in [0.2, 0.25) is 5.02 Å². The Kier molecular flexibility index (Phi) is 5.90. The van der Waals surface area contributed by atoms with Crippen LogP contribution < -0.4 is 10.3 Å². The number of aryl methyl sites for hydroxylation is 1. The van der Waals surface area contributed by atoms with E-state index in [1.807, 2.05) is 42.5 Å². The second-order valence-electron chi connectivity index (χ2n) is 7.71. The standard InChI is InChI=1S/C23H26ClN3O/c1-16-14-23(2,3)27(4)21-13-20(24)18(12-19(16)21)15-25-26-22(28)11-10-17-8-6-5-7-9-17/h5-9,12-15H,10-11H2,1-4H3,(H,26,28)/b25-15+. The van der Waals surface area contributed by atoms with Crippen LogP contribution in [0, 0.1) is 0 Å². The molecule has 0 radical (unpaired) electrons. The van der Waals surface area contributed by atoms with Crippen LogP contribution in [0.5, 0.6) is 0 Å². The number of hydrogen-bond donors (Lipinski definition) is 1. The van der Waals surface area contributed by atoms with Gasteiger partial charge in [0.25, 0.3) is 0 Å². The third-order valence-electron chi connectivity index (χ3n) is 5.21. The summed E-state index contributed by atoms with van der Waals surface area (Å²) < 4.78 is 0. The summed E-state index contributed by atoms with van der Waals surface area (Å²) in [6.45, 7) is 6.45. The van der Waals surface area contributed by atoms with Crippen molar-refractivity contribution in [3.8, 4) is 0 Å². The van der Waals surface area contributed by atoms with Gasteiger partial charge in [-0.1, -0.05) is 48.0 Å². The lowest BCUT2D eigenvalue weighted by Crippen LogP contribution is -2.42. The quantitative estimate of drug-likeness (QED) is 0.568. The molecular formula is C23H26ClN3O. The Hall–Kier alpha value is -2.59. The fourth-order valence-corrected chi connectivity index (χ4v) is 3.63. The van der Waals surface area contributed by atoms with Crippen LogP contribution in [0.1, 0.15) is 43.9 Å². The van der Waals surface area contributed by atoms with E-state index in [-0.39, 0.29) is 11.4 Å². The monoisotopic (exact) mass is 395 g/mol. The molecule has 1 aliphatic rings. The number of hydrogen-bond acceptors (Lipinski definition) is 3. The van der Waals surface area contributed by atoms with Crippen molar-refractivity contribution < 1.29 is 4.79 Å². The lowest BCUT2D eigenvalue weighted by molar-refractivity contribution is -0.121. The van der Waals surface area contributed by atoms with E-state index in [0.29, 0.717) is 17.9 Å². The molecule has 28 heavy (non-hydrogen) atoms. The molecule has 0 spiro atoms. The number of allylic oxidation sites excluding steroid dienone is 1. The van der Waals surface area contributed by atoms with E-state index in [2.05, 4.69) is 49.3 Å². The highest BCUT2D eigenvalue weighted by Crippen LogP contribution is 2.40. The topological polar surface area (TPSA) is 44.7 Å². The van der Waals surface area contributed by atoms with E-state index in [4.69, 9.17) is 11.6 Å². The van der Waals surface area contributed by atoms with Gasteiger partial charge >= 0.3 is 0 Å². The minimum Gasteiger partial charge on any atom is -0.365 e. The summed E-state index contributed by atoms with van der Waals surface area (Å²) in [5.41, 5.74) is 7.87. The Labute approximate surface area is 171 Å². The van der Waals surface area contributed by atoms with Crippen molar-refractivity contribution in [2.24, 2.45) is 5.10 Å². The predicted molar refractivity (Wildman–Crippen MR) is 118 cm³/mol. The number of nitrogens with one attached hydrogen (secondary N) is 1. The number of carbonyl (C=O) groups is 1. The molecule has 3 rings (SSSR count). The molecule has 0 unspecified atom stereocenters. The van der Waals surface area contributed by atoms with E-state index in [9.17, 15) is 4.79 Å². The highest BCUT2D eigenvalue weighted by molar-refractivity contribution is 6.33. The molecule has 2 aromatic rings. The van der Waals surface area contributed by atoms with Gasteiger partial charge in [-0.15, -0.1) is 0 Å². The zero-order valence-electron chi connectivity index (χ0n) is 16.8. The highest BCUT2D eigenvalue weighted by Gasteiger charge is 2.29. The average molecular weight is 396 g/mol. The predicted octanol–water partition coefficient (Wildman–Crippen LogP) is 5.05. The van der Waals surface area contributed by atoms with Crippen LogP contribution in [0.15, 0.2) is 53.6 Å². The summed E-state index contributed by atoms with van der Waals surface area (Å²) in [5, 5.41) is 4.70. The van der Waals surface area contributed by atoms with E-state index >= 15 is 0 Å². The van der Waals surface area contributed by atoms with Crippen molar-refractivity contribution in [2.75, 3.05) is 11.9 Å². The Balaban J connectivity index is 1.68. The first-order valence-corrected chi connectivity index (χ1v) is 9.79. The molecule has 0 saturated heterocycles. The fourth-order valence-electron chi connectivity index (χ4n) is 3.42. The first-order chi connectivity index (χ1) is 13.3. The molecule has 1 N–H and O–H groups in total. The molecular weight excluding hydrogens is 370 g/mol. The molecule has 0 atom stereocenters. The molecule has 0 bridgehead atoms. The zero-order chi connectivity index (χ0) is 20.3. The van der Waals surface area contributed by atoms with Gasteiger partial charge in [-0.2, -0.15) is 5.10 Å². The first-order valence-electron chi connectivity index (χ1n) is 9.41. The number of amides is 1. The molecule has 1 heterocycles. The number of nitrogens with zero attached hydrogens (tertiary/aromatic N) is 2. The molecule has 0 aliphatic carbocycles. The summed E-state index contributed by atoms with van der Waals surface area (Å²) >= 11 is 6.47. The Morgan fingerprint density at radius 1 is 1.25 bits per heavy atom. The fraction of sp³-hybridized carbons (Fsp3) is 0.304. The molecule has 0 aromatic heterocycles. The molecule has 0 saturated carbocycles. The minimum atomic E-state index is -0.119. The van der Waals surface area contributed by atoms with Crippen LogP contribution in [0.25, 0.3) is 5.57 Å². The third kappa shape index (κ3) is 4.45. The van der Waals surface area contributed by atoms with Crippen molar-refractivity contribution in [1.82, 2.24) is 5.43 Å². The highest BCUT2D eigenvalue weighted by atomic mass is 35.5. The van der Waals surface area contributed by atoms with Crippen molar-refractivity contribution in [3.05, 3.63) is 70.3 Å². The van der Waals surface area contributed by atoms with Crippen molar-refractivity contribution in [1.29, 1.82) is 0 Å². The SMILES string of the molecule is CC1=CC(C)(C)N(C)c2cc(Cl)c(/C=N/NC(=O)CCc3ccccc3)cc21. The van der Waals surface area contributed by atoms with Crippen LogP contribution in [0.3, 0.4) is 0 Å². The molecule has 4 nitrogen and oxygen atoms in total. The van der Waals surface area contributed by atoms with Gasteiger partial charge in [0.1, 0.15) is 0 Å². The maximum atomic E-state index is 12.0. The lowest BCUT2D eigenvalue weighted by atomic mass is 9.88. The number of likely N-dealkylation sites (N-methyl/N-ethyl adjacent to an activating group) is 1. The number of benzene rings is 2. The molecule has 146 valence electrons. The van der Waals surface area contributed by atoms with Crippen molar-refractivity contribution in [3.63, 3.8) is 0 Å². The maximum absolute atomic E-state index is 12.0. The molecule has 1 aliphatic heterocycles. The van der Waals surface area contributed by atoms with Crippen LogP contribution in [0.4, 0.5) is 5.69 Å². The van der Waals surface area contributed by atoms with Gasteiger partial charge < -0.3 is 4.90 Å². The minimum absolute atomic E-state index is 0.0667. The Morgan fingerprint density at radius 2 is 1.96 bits per heavy atom. The number of hydrazone groups is 1. The smallest absolute Gasteiger partial charge is 0.240 e. The summed E-state index contributed by atoms with van der Waals surface area (Å²) in [6.07, 6.45) is 4.93. The Morgan fingerprint density at radius 3 is 2.68 bits per heavy atom. The van der Waals surface area contributed by atoms with E-state index in [0.717, 1.165) is 22.4 Å². The van der Waals surface area contributed by atoms with Crippen molar-refractivity contribution in [2.45, 2.75) is 39.2 Å². The van der Waals surface area contributed by atoms with Gasteiger partial charge in [0.05, 0.1) is 16.8 Å². The maximum Gasteiger partial charge on any atom is 0.240 e. The second kappa shape index (κ2) is 8.19. The third-order valence-corrected chi connectivity index (χ3v) is 5.54. The zero-order valence-corrected chi connectivity index (χ0v) is 17.5. The van der Waals surface area contributed by atoms with Crippen LogP contribution in [-0.4, -0.2) is 24.7 Å². The van der Waals surface area contributed by atoms with E-state index < -0.39 is 0 Å². The number of carbonyl (C=O) groups excluding carboxylic acids is 1. The average Bonchev–Trinajstić information content (AvgIpc) is 2.66. The second-order valence-corrected chi connectivity index (χ2v) is 8.12. The molecule has 0 fully saturated rings. The number of rotatable bonds is 5. The van der Waals surface area contributed by atoms with E-state index in [1.165, 1.54) is 5.57 Å². The van der Waals surface area contributed by atoms with Gasteiger partial charge in [0, 0.05) is 30.3 Å². The van der Waals surface area contributed by atoms with Crippen LogP contribution in [-0.2, 0) is 11.2 Å². The Bertz CT molecular complexity index is 932. The number of fused-ring (bicyclic) bond motifs is 1. The molecule has 1 amide bonds. The van der Waals surface area contributed by atoms with Gasteiger partial charge in [-0.3, -0.25) is 4.79 Å². The van der Waals surface area contributed by atoms with Gasteiger partial charge in [0.15, 0.2) is 0 Å².